The molecule has 0 unspecified atom stereocenters. The Morgan fingerprint density at radius 3 is 2.86 bits per heavy atom. The third-order valence-electron chi connectivity index (χ3n) is 3.95. The van der Waals surface area contributed by atoms with Crippen molar-refractivity contribution in [3.8, 4) is 6.07 Å². The van der Waals surface area contributed by atoms with Gasteiger partial charge in [-0.2, -0.15) is 5.26 Å². The van der Waals surface area contributed by atoms with E-state index in [0.717, 1.165) is 41.8 Å². The van der Waals surface area contributed by atoms with Crippen molar-refractivity contribution < 1.29 is 0 Å². The monoisotopic (exact) mass is 296 g/mol. The summed E-state index contributed by atoms with van der Waals surface area (Å²) in [7, 11) is 0. The van der Waals surface area contributed by atoms with Gasteiger partial charge in [0, 0.05) is 35.1 Å². The first-order valence-corrected chi connectivity index (χ1v) is 7.51. The molecule has 4 N–H and O–H groups in total. The highest BCUT2D eigenvalue weighted by atomic mass is 15.0. The van der Waals surface area contributed by atoms with Crippen molar-refractivity contribution >= 4 is 22.4 Å². The number of nitrogens with one attached hydrogen (secondary N) is 2. The molecule has 3 rings (SSSR count). The topological polar surface area (TPSA) is 99.6 Å². The molecule has 6 heteroatoms. The van der Waals surface area contributed by atoms with E-state index in [-0.39, 0.29) is 5.54 Å². The predicted molar refractivity (Wildman–Crippen MR) is 87.7 cm³/mol. The largest absolute Gasteiger partial charge is 0.370 e. The van der Waals surface area contributed by atoms with Crippen molar-refractivity contribution in [2.45, 2.75) is 38.3 Å². The average molecular weight is 296 g/mol. The van der Waals surface area contributed by atoms with Crippen molar-refractivity contribution in [1.29, 1.82) is 5.26 Å². The highest BCUT2D eigenvalue weighted by Gasteiger charge is 2.36. The van der Waals surface area contributed by atoms with Crippen molar-refractivity contribution in [3.63, 3.8) is 0 Å². The predicted octanol–water partition coefficient (Wildman–Crippen LogP) is 2.22. The molecule has 0 aliphatic heterocycles. The van der Waals surface area contributed by atoms with E-state index in [1.54, 1.807) is 12.3 Å². The van der Waals surface area contributed by atoms with E-state index in [1.807, 2.05) is 13.0 Å². The Morgan fingerprint density at radius 1 is 1.45 bits per heavy atom. The lowest BCUT2D eigenvalue weighted by atomic mass is 9.75. The second-order valence-electron chi connectivity index (χ2n) is 6.19. The molecule has 0 saturated heterocycles. The third-order valence-corrected chi connectivity index (χ3v) is 3.95. The van der Waals surface area contributed by atoms with E-state index < -0.39 is 0 Å². The van der Waals surface area contributed by atoms with Crippen LogP contribution in [-0.2, 0) is 0 Å². The van der Waals surface area contributed by atoms with Crippen molar-refractivity contribution in [3.05, 3.63) is 24.0 Å². The lowest BCUT2D eigenvalue weighted by molar-refractivity contribution is 0.248. The summed E-state index contributed by atoms with van der Waals surface area (Å²) in [5.41, 5.74) is 6.37. The van der Waals surface area contributed by atoms with E-state index in [4.69, 9.17) is 11.0 Å². The SMILES string of the molecule is CCNc1nc(C#N)cc2cnc(NC3CC(C)(N)C3)cc12. The van der Waals surface area contributed by atoms with E-state index in [2.05, 4.69) is 33.6 Å². The zero-order valence-corrected chi connectivity index (χ0v) is 12.8. The Hall–Kier alpha value is -2.39. The fraction of sp³-hybridized carbons (Fsp3) is 0.438. The number of nitrogens with two attached hydrogens (primary N) is 1. The fourth-order valence-electron chi connectivity index (χ4n) is 2.96. The molecule has 1 aliphatic rings. The molecule has 0 spiro atoms. The first kappa shape index (κ1) is 14.5. The number of hydrogen-bond acceptors (Lipinski definition) is 6. The molecule has 6 nitrogen and oxygen atoms in total. The van der Waals surface area contributed by atoms with Crippen LogP contribution in [0.25, 0.3) is 10.8 Å². The lowest BCUT2D eigenvalue weighted by Crippen LogP contribution is -2.54. The Kier molecular flexibility index (Phi) is 3.59. The Balaban J connectivity index is 1.91. The molecule has 1 saturated carbocycles. The van der Waals surface area contributed by atoms with E-state index in [1.165, 1.54) is 0 Å². The number of fused-ring (bicyclic) bond motifs is 1. The van der Waals surface area contributed by atoms with Crippen LogP contribution in [0.1, 0.15) is 32.4 Å². The molecule has 1 aliphatic carbocycles. The Bertz CT molecular complexity index is 738. The fourth-order valence-corrected chi connectivity index (χ4v) is 2.96. The van der Waals surface area contributed by atoms with Crippen LogP contribution in [0.4, 0.5) is 11.6 Å². The molecule has 2 aromatic heterocycles. The molecule has 0 bridgehead atoms. The van der Waals surface area contributed by atoms with Gasteiger partial charge in [0.15, 0.2) is 0 Å². The summed E-state index contributed by atoms with van der Waals surface area (Å²) in [5.74, 6) is 1.54. The summed E-state index contributed by atoms with van der Waals surface area (Å²) in [4.78, 5) is 8.78. The van der Waals surface area contributed by atoms with Crippen LogP contribution in [0.15, 0.2) is 18.3 Å². The van der Waals surface area contributed by atoms with E-state index >= 15 is 0 Å². The van der Waals surface area contributed by atoms with Crippen LogP contribution < -0.4 is 16.4 Å². The van der Waals surface area contributed by atoms with Crippen molar-refractivity contribution in [2.75, 3.05) is 17.2 Å². The minimum atomic E-state index is -0.0628. The van der Waals surface area contributed by atoms with Crippen molar-refractivity contribution in [2.24, 2.45) is 5.73 Å². The summed E-state index contributed by atoms with van der Waals surface area (Å²) in [6.45, 7) is 4.81. The lowest BCUT2D eigenvalue weighted by Gasteiger charge is -2.42. The van der Waals surface area contributed by atoms with Gasteiger partial charge in [-0.3, -0.25) is 0 Å². The van der Waals surface area contributed by atoms with E-state index in [0.29, 0.717) is 11.7 Å². The van der Waals surface area contributed by atoms with E-state index in [9.17, 15) is 0 Å². The zero-order chi connectivity index (χ0) is 15.7. The maximum atomic E-state index is 9.07. The maximum absolute atomic E-state index is 9.07. The van der Waals surface area contributed by atoms with Crippen LogP contribution in [0.5, 0.6) is 0 Å². The van der Waals surface area contributed by atoms with Gasteiger partial charge >= 0.3 is 0 Å². The van der Waals surface area contributed by atoms with Crippen LogP contribution in [-0.4, -0.2) is 28.1 Å². The van der Waals surface area contributed by atoms with Crippen LogP contribution >= 0.6 is 0 Å². The maximum Gasteiger partial charge on any atom is 0.143 e. The number of hydrogen-bond donors (Lipinski definition) is 3. The summed E-state index contributed by atoms with van der Waals surface area (Å²) in [5, 5.41) is 17.6. The summed E-state index contributed by atoms with van der Waals surface area (Å²) < 4.78 is 0. The average Bonchev–Trinajstić information content (AvgIpc) is 2.45. The minimum Gasteiger partial charge on any atom is -0.370 e. The minimum absolute atomic E-state index is 0.0628. The highest BCUT2D eigenvalue weighted by molar-refractivity contribution is 5.93. The molecule has 0 aromatic carbocycles. The number of anilines is 2. The number of rotatable bonds is 4. The van der Waals surface area contributed by atoms with Gasteiger partial charge in [-0.05, 0) is 38.8 Å². The quantitative estimate of drug-likeness (QED) is 0.800. The zero-order valence-electron chi connectivity index (χ0n) is 12.8. The summed E-state index contributed by atoms with van der Waals surface area (Å²) in [6, 6.07) is 6.19. The second kappa shape index (κ2) is 5.43. The molecule has 2 aromatic rings. The van der Waals surface area contributed by atoms with Gasteiger partial charge < -0.3 is 16.4 Å². The molecule has 1 fully saturated rings. The molecular weight excluding hydrogens is 276 g/mol. The summed E-state index contributed by atoms with van der Waals surface area (Å²) >= 11 is 0. The third kappa shape index (κ3) is 2.81. The van der Waals surface area contributed by atoms with Crippen LogP contribution in [0, 0.1) is 11.3 Å². The van der Waals surface area contributed by atoms with Gasteiger partial charge in [0.25, 0.3) is 0 Å². The standard InChI is InChI=1S/C16H20N6/c1-3-19-15-13-5-14(21-12-6-16(2,18)7-12)20-9-10(13)4-11(8-17)22-15/h4-5,9,12H,3,6-7,18H2,1-2H3,(H,19,22)(H,20,21). The molecule has 0 amide bonds. The first-order chi connectivity index (χ1) is 10.5. The number of nitrogens with zero attached hydrogens (tertiary/aromatic N) is 3. The Labute approximate surface area is 129 Å². The second-order valence-corrected chi connectivity index (χ2v) is 6.19. The molecule has 0 radical (unpaired) electrons. The number of pyridine rings is 2. The molecule has 2 heterocycles. The smallest absolute Gasteiger partial charge is 0.143 e. The first-order valence-electron chi connectivity index (χ1n) is 7.51. The number of aromatic nitrogens is 2. The molecule has 0 atom stereocenters. The summed E-state index contributed by atoms with van der Waals surface area (Å²) in [6.07, 6.45) is 3.66. The van der Waals surface area contributed by atoms with Crippen molar-refractivity contribution in [1.82, 2.24) is 9.97 Å². The molecule has 22 heavy (non-hydrogen) atoms. The highest BCUT2D eigenvalue weighted by Crippen LogP contribution is 2.32. The van der Waals surface area contributed by atoms with Crippen LogP contribution in [0.2, 0.25) is 0 Å². The van der Waals surface area contributed by atoms with Gasteiger partial charge in [-0.15, -0.1) is 0 Å². The Morgan fingerprint density at radius 2 is 2.23 bits per heavy atom. The molecule has 114 valence electrons. The van der Waals surface area contributed by atoms with Gasteiger partial charge in [-0.1, -0.05) is 0 Å². The van der Waals surface area contributed by atoms with Gasteiger partial charge in [0.1, 0.15) is 23.4 Å². The van der Waals surface area contributed by atoms with Gasteiger partial charge in [0.05, 0.1) is 0 Å². The van der Waals surface area contributed by atoms with Crippen LogP contribution in [0.3, 0.4) is 0 Å². The normalized spacial score (nSPS) is 23.6. The van der Waals surface area contributed by atoms with Gasteiger partial charge in [-0.25, -0.2) is 9.97 Å². The van der Waals surface area contributed by atoms with Gasteiger partial charge in [0.2, 0.25) is 0 Å². The number of nitriles is 1. The molecular formula is C16H20N6.